The summed E-state index contributed by atoms with van der Waals surface area (Å²) in [5.41, 5.74) is 5.60. The number of halogens is 1. The predicted molar refractivity (Wildman–Crippen MR) is 63.6 cm³/mol. The van der Waals surface area contributed by atoms with E-state index in [-0.39, 0.29) is 12.4 Å². The van der Waals surface area contributed by atoms with E-state index in [9.17, 15) is 4.79 Å². The number of carbonyl (C=O) groups excluding carboxylic acids is 1. The average Bonchev–Trinajstić information content (AvgIpc) is 2.30. The van der Waals surface area contributed by atoms with Crippen LogP contribution in [0.4, 0.5) is 4.79 Å². The molecule has 0 unspecified atom stereocenters. The third kappa shape index (κ3) is 3.62. The molecule has 0 aromatic carbocycles. The Bertz CT molecular complexity index is 240. The molecular formula is C9H19ClN4O2. The monoisotopic (exact) mass is 250 g/mol. The molecule has 0 radical (unpaired) electrons. The normalized spacial score (nSPS) is 20.8. The smallest absolute Gasteiger partial charge is 0.429 e. The van der Waals surface area contributed by atoms with Gasteiger partial charge in [0.25, 0.3) is 0 Å². The quantitative estimate of drug-likeness (QED) is 0.570. The van der Waals surface area contributed by atoms with Crippen LogP contribution in [-0.4, -0.2) is 49.2 Å². The molecule has 94 valence electrons. The van der Waals surface area contributed by atoms with Gasteiger partial charge in [-0.3, -0.25) is 5.41 Å². The molecule has 0 aromatic rings. The molecule has 1 saturated heterocycles. The van der Waals surface area contributed by atoms with Crippen molar-refractivity contribution in [2.24, 2.45) is 11.7 Å². The first-order chi connectivity index (χ1) is 7.22. The molecule has 1 amide bonds. The minimum Gasteiger partial charge on any atom is -0.452 e. The van der Waals surface area contributed by atoms with Crippen LogP contribution in [0.15, 0.2) is 0 Å². The van der Waals surface area contributed by atoms with Crippen LogP contribution < -0.4 is 5.73 Å². The second kappa shape index (κ2) is 7.43. The largest absolute Gasteiger partial charge is 0.452 e. The average molecular weight is 251 g/mol. The number of nitrogens with two attached hydrogens (primary N) is 1. The molecule has 16 heavy (non-hydrogen) atoms. The van der Waals surface area contributed by atoms with Gasteiger partial charge in [-0.15, -0.1) is 12.4 Å². The van der Waals surface area contributed by atoms with Gasteiger partial charge in [0, 0.05) is 13.1 Å². The lowest BCUT2D eigenvalue weighted by Crippen LogP contribution is -2.51. The summed E-state index contributed by atoms with van der Waals surface area (Å²) in [6.07, 6.45) is 2.52. The Labute approximate surface area is 102 Å². The molecule has 0 spiro atoms. The SMILES string of the molecule is COC(=O)N(C=N)N1CCC[C@@H](CN)C1.Cl. The minimum atomic E-state index is -0.525. The van der Waals surface area contributed by atoms with E-state index in [4.69, 9.17) is 11.1 Å². The summed E-state index contributed by atoms with van der Waals surface area (Å²) in [5.74, 6) is 0.394. The number of hydrazine groups is 1. The number of nitrogens with one attached hydrogen (secondary N) is 1. The number of ether oxygens (including phenoxy) is 1. The van der Waals surface area contributed by atoms with Crippen LogP contribution in [0.1, 0.15) is 12.8 Å². The first kappa shape index (κ1) is 15.2. The van der Waals surface area contributed by atoms with Crippen molar-refractivity contribution in [2.75, 3.05) is 26.7 Å². The lowest BCUT2D eigenvalue weighted by Gasteiger charge is -2.36. The van der Waals surface area contributed by atoms with Crippen LogP contribution in [0.2, 0.25) is 0 Å². The Morgan fingerprint density at radius 3 is 2.94 bits per heavy atom. The molecule has 0 saturated carbocycles. The van der Waals surface area contributed by atoms with Gasteiger partial charge >= 0.3 is 6.09 Å². The second-order valence-electron chi connectivity index (χ2n) is 3.60. The Hall–Kier alpha value is -0.850. The maximum Gasteiger partial charge on any atom is 0.429 e. The van der Waals surface area contributed by atoms with Gasteiger partial charge in [-0.25, -0.2) is 9.80 Å². The van der Waals surface area contributed by atoms with Gasteiger partial charge in [-0.1, -0.05) is 0 Å². The zero-order chi connectivity index (χ0) is 11.3. The van der Waals surface area contributed by atoms with Gasteiger partial charge in [0.05, 0.1) is 7.11 Å². The van der Waals surface area contributed by atoms with E-state index in [0.29, 0.717) is 19.0 Å². The number of rotatable bonds is 3. The van der Waals surface area contributed by atoms with Crippen LogP contribution in [-0.2, 0) is 4.74 Å². The molecule has 1 heterocycles. The molecular weight excluding hydrogens is 232 g/mol. The van der Waals surface area contributed by atoms with Crippen molar-refractivity contribution in [3.63, 3.8) is 0 Å². The van der Waals surface area contributed by atoms with E-state index in [1.54, 1.807) is 5.01 Å². The van der Waals surface area contributed by atoms with E-state index in [1.807, 2.05) is 0 Å². The molecule has 1 aliphatic rings. The standard InChI is InChI=1S/C9H18N4O2.ClH/c1-15-9(14)13(7-11)12-4-2-3-8(5-10)6-12;/h7-8,11H,2-6,10H2,1H3;1H/t8-;/m0./s1. The highest BCUT2D eigenvalue weighted by atomic mass is 35.5. The number of hydrogen-bond acceptors (Lipinski definition) is 5. The third-order valence-corrected chi connectivity index (χ3v) is 2.62. The zero-order valence-corrected chi connectivity index (χ0v) is 10.2. The summed E-state index contributed by atoms with van der Waals surface area (Å²) >= 11 is 0. The summed E-state index contributed by atoms with van der Waals surface area (Å²) in [4.78, 5) is 11.3. The van der Waals surface area contributed by atoms with Crippen molar-refractivity contribution in [1.29, 1.82) is 5.41 Å². The van der Waals surface area contributed by atoms with Crippen molar-refractivity contribution >= 4 is 24.8 Å². The molecule has 1 aliphatic heterocycles. The molecule has 1 fully saturated rings. The van der Waals surface area contributed by atoms with Crippen molar-refractivity contribution in [1.82, 2.24) is 10.0 Å². The maximum atomic E-state index is 11.3. The Kier molecular flexibility index (Phi) is 7.03. The lowest BCUT2D eigenvalue weighted by atomic mass is 9.99. The van der Waals surface area contributed by atoms with Crippen molar-refractivity contribution in [3.8, 4) is 0 Å². The zero-order valence-electron chi connectivity index (χ0n) is 9.39. The molecule has 0 bridgehead atoms. The fourth-order valence-corrected chi connectivity index (χ4v) is 1.77. The van der Waals surface area contributed by atoms with Crippen molar-refractivity contribution in [3.05, 3.63) is 0 Å². The van der Waals surface area contributed by atoms with Crippen LogP contribution in [0.3, 0.4) is 0 Å². The van der Waals surface area contributed by atoms with Crippen LogP contribution in [0.25, 0.3) is 0 Å². The molecule has 7 heteroatoms. The molecule has 3 N–H and O–H groups in total. The topological polar surface area (TPSA) is 82.7 Å². The van der Waals surface area contributed by atoms with E-state index < -0.39 is 6.09 Å². The first-order valence-corrected chi connectivity index (χ1v) is 5.05. The summed E-state index contributed by atoms with van der Waals surface area (Å²) in [6, 6.07) is 0. The Morgan fingerprint density at radius 1 is 1.75 bits per heavy atom. The van der Waals surface area contributed by atoms with Gasteiger partial charge in [0.15, 0.2) is 0 Å². The van der Waals surface area contributed by atoms with Crippen LogP contribution in [0.5, 0.6) is 0 Å². The number of methoxy groups -OCH3 is 1. The van der Waals surface area contributed by atoms with Crippen LogP contribution in [0, 0.1) is 11.3 Å². The lowest BCUT2D eigenvalue weighted by molar-refractivity contribution is 0.00960. The van der Waals surface area contributed by atoms with Gasteiger partial charge in [0.1, 0.15) is 6.34 Å². The highest BCUT2D eigenvalue weighted by Gasteiger charge is 2.26. The van der Waals surface area contributed by atoms with E-state index in [1.165, 1.54) is 12.1 Å². The number of piperidine rings is 1. The number of hydrogen-bond donors (Lipinski definition) is 2. The fraction of sp³-hybridized carbons (Fsp3) is 0.778. The predicted octanol–water partition coefficient (Wildman–Crippen LogP) is 0.669. The Balaban J connectivity index is 0.00000225. The molecule has 1 atom stereocenters. The summed E-state index contributed by atoms with van der Waals surface area (Å²) < 4.78 is 4.59. The van der Waals surface area contributed by atoms with Gasteiger partial charge in [-0.2, -0.15) is 5.01 Å². The molecule has 0 aromatic heterocycles. The first-order valence-electron chi connectivity index (χ1n) is 5.05. The highest BCUT2D eigenvalue weighted by molar-refractivity contribution is 5.85. The van der Waals surface area contributed by atoms with Crippen LogP contribution >= 0.6 is 12.4 Å². The van der Waals surface area contributed by atoms with Gasteiger partial charge < -0.3 is 10.5 Å². The maximum absolute atomic E-state index is 11.3. The fourth-order valence-electron chi connectivity index (χ4n) is 1.77. The Morgan fingerprint density at radius 2 is 2.44 bits per heavy atom. The summed E-state index contributed by atoms with van der Waals surface area (Å²) in [7, 11) is 1.31. The molecule has 0 aliphatic carbocycles. The number of nitrogens with zero attached hydrogens (tertiary/aromatic N) is 2. The molecule has 1 rings (SSSR count). The van der Waals surface area contributed by atoms with Gasteiger partial charge in [-0.05, 0) is 25.3 Å². The second-order valence-corrected chi connectivity index (χ2v) is 3.60. The van der Waals surface area contributed by atoms with E-state index in [2.05, 4.69) is 4.74 Å². The van der Waals surface area contributed by atoms with Crippen molar-refractivity contribution in [2.45, 2.75) is 12.8 Å². The summed E-state index contributed by atoms with van der Waals surface area (Å²) in [5, 5.41) is 10.2. The number of amides is 1. The van der Waals surface area contributed by atoms with Crippen molar-refractivity contribution < 1.29 is 9.53 Å². The van der Waals surface area contributed by atoms with E-state index >= 15 is 0 Å². The highest BCUT2D eigenvalue weighted by Crippen LogP contribution is 2.16. The minimum absolute atomic E-state index is 0. The summed E-state index contributed by atoms with van der Waals surface area (Å²) in [6.45, 7) is 2.09. The van der Waals surface area contributed by atoms with E-state index in [0.717, 1.165) is 25.7 Å². The van der Waals surface area contributed by atoms with Gasteiger partial charge in [0.2, 0.25) is 0 Å². The molecule has 6 nitrogen and oxygen atoms in total. The number of carbonyl (C=O) groups is 1. The third-order valence-electron chi connectivity index (χ3n) is 2.62.